The first-order valence-corrected chi connectivity index (χ1v) is 8.05. The number of aromatic nitrogens is 2. The summed E-state index contributed by atoms with van der Waals surface area (Å²) in [5.41, 5.74) is 7.47. The van der Waals surface area contributed by atoms with Crippen LogP contribution < -0.4 is 10.5 Å². The van der Waals surface area contributed by atoms with E-state index in [-0.39, 0.29) is 18.7 Å². The average molecular weight is 347 g/mol. The highest BCUT2D eigenvalue weighted by molar-refractivity contribution is 5.69. The summed E-state index contributed by atoms with van der Waals surface area (Å²) in [4.78, 5) is 8.50. The normalized spacial score (nSPS) is 13.5. The van der Waals surface area contributed by atoms with Crippen molar-refractivity contribution in [2.24, 2.45) is 0 Å². The topological polar surface area (TPSA) is 61.0 Å². The van der Waals surface area contributed by atoms with Gasteiger partial charge in [0.05, 0.1) is 24.4 Å². The monoisotopic (exact) mass is 347 g/mol. The number of pyridine rings is 2. The number of rotatable bonds is 7. The van der Waals surface area contributed by atoms with Crippen molar-refractivity contribution >= 4 is 5.69 Å². The molecule has 2 N–H and O–H groups in total. The molecular formula is C19H23F2N3O. The fourth-order valence-corrected chi connectivity index (χ4v) is 3.02. The Labute approximate surface area is 146 Å². The van der Waals surface area contributed by atoms with Crippen LogP contribution >= 0.6 is 0 Å². The molecule has 1 unspecified atom stereocenters. The Morgan fingerprint density at radius 3 is 2.60 bits per heavy atom. The SMILES string of the molecule is C=CCC(CC)(c1cc(-c2cc(N)cnc2C)cnc1OC)C(F)F. The van der Waals surface area contributed by atoms with E-state index in [0.717, 1.165) is 11.3 Å². The van der Waals surface area contributed by atoms with Crippen molar-refractivity contribution in [2.45, 2.75) is 38.5 Å². The first-order chi connectivity index (χ1) is 11.9. The highest BCUT2D eigenvalue weighted by atomic mass is 19.3. The van der Waals surface area contributed by atoms with Gasteiger partial charge in [-0.2, -0.15) is 0 Å². The third kappa shape index (κ3) is 3.48. The van der Waals surface area contributed by atoms with E-state index in [0.29, 0.717) is 16.8 Å². The predicted octanol–water partition coefficient (Wildman–Crippen LogP) is 4.53. The van der Waals surface area contributed by atoms with Crippen molar-refractivity contribution in [3.8, 4) is 17.0 Å². The molecule has 0 radical (unpaired) electrons. The van der Waals surface area contributed by atoms with Crippen molar-refractivity contribution in [3.05, 3.63) is 48.4 Å². The summed E-state index contributed by atoms with van der Waals surface area (Å²) in [7, 11) is 1.43. The highest BCUT2D eigenvalue weighted by Gasteiger charge is 2.42. The second-order valence-electron chi connectivity index (χ2n) is 5.99. The van der Waals surface area contributed by atoms with Gasteiger partial charge in [-0.25, -0.2) is 13.8 Å². The molecule has 0 saturated carbocycles. The third-order valence-corrected chi connectivity index (χ3v) is 4.56. The second kappa shape index (κ2) is 7.59. The van der Waals surface area contributed by atoms with Gasteiger partial charge in [0.1, 0.15) is 0 Å². The molecule has 2 rings (SSSR count). The average Bonchev–Trinajstić information content (AvgIpc) is 2.61. The fraction of sp³-hybridized carbons (Fsp3) is 0.368. The van der Waals surface area contributed by atoms with Crippen LogP contribution in [0.5, 0.6) is 5.88 Å². The molecule has 0 saturated heterocycles. The smallest absolute Gasteiger partial charge is 0.248 e. The molecule has 25 heavy (non-hydrogen) atoms. The zero-order chi connectivity index (χ0) is 18.6. The van der Waals surface area contributed by atoms with Crippen molar-refractivity contribution in [2.75, 3.05) is 12.8 Å². The van der Waals surface area contributed by atoms with Gasteiger partial charge in [0.25, 0.3) is 0 Å². The molecule has 2 aromatic rings. The Morgan fingerprint density at radius 1 is 1.32 bits per heavy atom. The number of alkyl halides is 2. The lowest BCUT2D eigenvalue weighted by molar-refractivity contribution is 0.0456. The van der Waals surface area contributed by atoms with E-state index < -0.39 is 11.8 Å². The predicted molar refractivity (Wildman–Crippen MR) is 96.0 cm³/mol. The first-order valence-electron chi connectivity index (χ1n) is 8.05. The number of ether oxygens (including phenoxy) is 1. The van der Waals surface area contributed by atoms with Crippen molar-refractivity contribution in [1.82, 2.24) is 9.97 Å². The van der Waals surface area contributed by atoms with Gasteiger partial charge in [0.2, 0.25) is 12.3 Å². The summed E-state index contributed by atoms with van der Waals surface area (Å²) in [6.45, 7) is 7.21. The number of nitrogens with zero attached hydrogens (tertiary/aromatic N) is 2. The molecule has 0 fully saturated rings. The van der Waals surface area contributed by atoms with Crippen molar-refractivity contribution < 1.29 is 13.5 Å². The minimum atomic E-state index is -2.58. The summed E-state index contributed by atoms with van der Waals surface area (Å²) in [5.74, 6) is 0.197. The number of allylic oxidation sites excluding steroid dienone is 1. The number of aryl methyl sites for hydroxylation is 1. The Hall–Kier alpha value is -2.50. The number of nitrogen functional groups attached to an aromatic ring is 1. The first kappa shape index (κ1) is 18.8. The highest BCUT2D eigenvalue weighted by Crippen LogP contribution is 2.43. The Kier molecular flexibility index (Phi) is 5.72. The zero-order valence-electron chi connectivity index (χ0n) is 14.7. The van der Waals surface area contributed by atoms with Gasteiger partial charge in [-0.15, -0.1) is 6.58 Å². The maximum Gasteiger partial charge on any atom is 0.248 e. The molecule has 0 aliphatic heterocycles. The summed E-state index contributed by atoms with van der Waals surface area (Å²) >= 11 is 0. The molecular weight excluding hydrogens is 324 g/mol. The molecule has 0 bridgehead atoms. The summed E-state index contributed by atoms with van der Waals surface area (Å²) in [6.07, 6.45) is 2.43. The van der Waals surface area contributed by atoms with E-state index in [1.807, 2.05) is 6.92 Å². The number of anilines is 1. The Bertz CT molecular complexity index is 764. The van der Waals surface area contributed by atoms with Gasteiger partial charge >= 0.3 is 0 Å². The summed E-state index contributed by atoms with van der Waals surface area (Å²) < 4.78 is 33.4. The van der Waals surface area contributed by atoms with Crippen LogP contribution in [0.15, 0.2) is 37.2 Å². The fourth-order valence-electron chi connectivity index (χ4n) is 3.02. The van der Waals surface area contributed by atoms with E-state index >= 15 is 0 Å². The lowest BCUT2D eigenvalue weighted by atomic mass is 9.75. The Morgan fingerprint density at radius 2 is 2.04 bits per heavy atom. The van der Waals surface area contributed by atoms with Gasteiger partial charge in [-0.1, -0.05) is 13.0 Å². The van der Waals surface area contributed by atoms with Crippen LogP contribution in [-0.2, 0) is 5.41 Å². The van der Waals surface area contributed by atoms with Crippen LogP contribution in [0.2, 0.25) is 0 Å². The minimum absolute atomic E-state index is 0.122. The number of hydrogen-bond acceptors (Lipinski definition) is 4. The molecule has 0 aromatic carbocycles. The maximum absolute atomic E-state index is 14.1. The quantitative estimate of drug-likeness (QED) is 0.748. The van der Waals surface area contributed by atoms with Crippen molar-refractivity contribution in [1.29, 1.82) is 0 Å². The van der Waals surface area contributed by atoms with Crippen LogP contribution in [0, 0.1) is 6.92 Å². The lowest BCUT2D eigenvalue weighted by Gasteiger charge is -2.32. The van der Waals surface area contributed by atoms with Crippen LogP contribution in [0.1, 0.15) is 31.0 Å². The van der Waals surface area contributed by atoms with Gasteiger partial charge in [-0.3, -0.25) is 4.98 Å². The van der Waals surface area contributed by atoms with Crippen molar-refractivity contribution in [3.63, 3.8) is 0 Å². The molecule has 0 spiro atoms. The molecule has 134 valence electrons. The van der Waals surface area contributed by atoms with Gasteiger partial charge < -0.3 is 10.5 Å². The van der Waals surface area contributed by atoms with E-state index in [9.17, 15) is 8.78 Å². The van der Waals surface area contributed by atoms with Gasteiger partial charge in [0.15, 0.2) is 0 Å². The van der Waals surface area contributed by atoms with Gasteiger partial charge in [-0.05, 0) is 31.9 Å². The number of hydrogen-bond donors (Lipinski definition) is 1. The summed E-state index contributed by atoms with van der Waals surface area (Å²) in [6, 6.07) is 3.47. The molecule has 4 nitrogen and oxygen atoms in total. The molecule has 1 atom stereocenters. The molecule has 0 amide bonds. The lowest BCUT2D eigenvalue weighted by Crippen LogP contribution is -2.34. The number of halogens is 2. The summed E-state index contributed by atoms with van der Waals surface area (Å²) in [5, 5.41) is 0. The maximum atomic E-state index is 14.1. The van der Waals surface area contributed by atoms with E-state index in [2.05, 4.69) is 16.5 Å². The zero-order valence-corrected chi connectivity index (χ0v) is 14.7. The number of methoxy groups -OCH3 is 1. The van der Waals surface area contributed by atoms with Crippen LogP contribution in [0.4, 0.5) is 14.5 Å². The van der Waals surface area contributed by atoms with E-state index in [4.69, 9.17) is 10.5 Å². The number of nitrogens with two attached hydrogens (primary N) is 1. The molecule has 6 heteroatoms. The Balaban J connectivity index is 2.72. The standard InChI is InChI=1S/C19H23F2N3O/c1-5-7-19(6-2,18(20)21)16-8-13(10-24-17(16)25-4)15-9-14(22)11-23-12(15)3/h5,8-11,18H,1,6-7,22H2,2-4H3. The largest absolute Gasteiger partial charge is 0.481 e. The molecule has 2 heterocycles. The van der Waals surface area contributed by atoms with E-state index in [1.165, 1.54) is 13.2 Å². The van der Waals surface area contributed by atoms with E-state index in [1.54, 1.807) is 31.5 Å². The van der Waals surface area contributed by atoms with Crippen LogP contribution in [0.25, 0.3) is 11.1 Å². The third-order valence-electron chi connectivity index (χ3n) is 4.56. The van der Waals surface area contributed by atoms with Crippen LogP contribution in [0.3, 0.4) is 0 Å². The minimum Gasteiger partial charge on any atom is -0.481 e. The molecule has 2 aromatic heterocycles. The molecule has 0 aliphatic rings. The van der Waals surface area contributed by atoms with Gasteiger partial charge in [0, 0.05) is 28.6 Å². The van der Waals surface area contributed by atoms with Crippen LogP contribution in [-0.4, -0.2) is 23.5 Å². The second-order valence-corrected chi connectivity index (χ2v) is 5.99. The molecule has 0 aliphatic carbocycles.